The average Bonchev–Trinajstić information content (AvgIpc) is 2.84. The first-order valence-electron chi connectivity index (χ1n) is 10.8. The van der Waals surface area contributed by atoms with Gasteiger partial charge in [-0.15, -0.1) is 0 Å². The number of hydrogen-bond donors (Lipinski definition) is 2. The summed E-state index contributed by atoms with van der Waals surface area (Å²) in [6.07, 6.45) is -0.255. The van der Waals surface area contributed by atoms with E-state index in [4.69, 9.17) is 14.2 Å². The maximum absolute atomic E-state index is 12.7. The van der Waals surface area contributed by atoms with Crippen molar-refractivity contribution in [3.8, 4) is 17.2 Å². The number of carbonyl (C=O) groups excluding carboxylic acids is 1. The number of carbonyl (C=O) groups is 1. The Bertz CT molecular complexity index is 1180. The number of benzene rings is 3. The monoisotopic (exact) mass is 484 g/mol. The summed E-state index contributed by atoms with van der Waals surface area (Å²) in [6, 6.07) is 19.5. The van der Waals surface area contributed by atoms with E-state index >= 15 is 0 Å². The highest BCUT2D eigenvalue weighted by molar-refractivity contribution is 7.92. The Hall–Kier alpha value is -3.72. The summed E-state index contributed by atoms with van der Waals surface area (Å²) in [4.78, 5) is 12.7. The molecule has 0 aromatic heterocycles. The minimum absolute atomic E-state index is 0.0703. The molecule has 0 bridgehead atoms. The number of nitrogens with one attached hydrogen (secondary N) is 2. The SMILES string of the molecule is CCOc1ccc(NS(=O)(=O)c2ccc(NC(=O)C(CC)Oc3ccc(OC)cc3)cc2)cc1. The number of rotatable bonds is 11. The third-order valence-corrected chi connectivity index (χ3v) is 6.25. The molecular weight excluding hydrogens is 456 g/mol. The largest absolute Gasteiger partial charge is 0.497 e. The smallest absolute Gasteiger partial charge is 0.265 e. The molecule has 8 nitrogen and oxygen atoms in total. The van der Waals surface area contributed by atoms with E-state index in [2.05, 4.69) is 10.0 Å². The van der Waals surface area contributed by atoms with Gasteiger partial charge in [-0.3, -0.25) is 9.52 Å². The van der Waals surface area contributed by atoms with Crippen molar-refractivity contribution in [2.24, 2.45) is 0 Å². The highest BCUT2D eigenvalue weighted by Crippen LogP contribution is 2.22. The van der Waals surface area contributed by atoms with Crippen molar-refractivity contribution < 1.29 is 27.4 Å². The van der Waals surface area contributed by atoms with E-state index < -0.39 is 16.1 Å². The Morgan fingerprint density at radius 3 is 1.94 bits per heavy atom. The van der Waals surface area contributed by atoms with Crippen LogP contribution in [0.25, 0.3) is 0 Å². The zero-order valence-electron chi connectivity index (χ0n) is 19.3. The highest BCUT2D eigenvalue weighted by atomic mass is 32.2. The number of ether oxygens (including phenoxy) is 3. The van der Waals surface area contributed by atoms with E-state index in [1.54, 1.807) is 55.6 Å². The van der Waals surface area contributed by atoms with E-state index in [1.165, 1.54) is 24.3 Å². The fourth-order valence-corrected chi connectivity index (χ4v) is 4.14. The Morgan fingerprint density at radius 1 is 0.824 bits per heavy atom. The number of amides is 1. The fraction of sp³-hybridized carbons (Fsp3) is 0.240. The number of hydrogen-bond acceptors (Lipinski definition) is 6. The molecule has 0 aliphatic rings. The van der Waals surface area contributed by atoms with Gasteiger partial charge in [0.2, 0.25) is 0 Å². The standard InChI is InChI=1S/C25H28N2O6S/c1-4-24(33-22-14-12-20(31-3)13-15-22)25(28)26-18-8-16-23(17-9-18)34(29,30)27-19-6-10-21(11-7-19)32-5-2/h6-17,24,27H,4-5H2,1-3H3,(H,26,28). The summed E-state index contributed by atoms with van der Waals surface area (Å²) in [5.74, 6) is 1.56. The van der Waals surface area contributed by atoms with Gasteiger partial charge in [0.15, 0.2) is 6.10 Å². The van der Waals surface area contributed by atoms with Crippen molar-refractivity contribution in [2.45, 2.75) is 31.3 Å². The third-order valence-electron chi connectivity index (χ3n) is 4.85. The molecule has 3 aromatic rings. The summed E-state index contributed by atoms with van der Waals surface area (Å²) in [7, 11) is -2.22. The van der Waals surface area contributed by atoms with Gasteiger partial charge < -0.3 is 19.5 Å². The maximum atomic E-state index is 12.7. The summed E-state index contributed by atoms with van der Waals surface area (Å²) in [5, 5.41) is 2.76. The van der Waals surface area contributed by atoms with Crippen LogP contribution in [-0.2, 0) is 14.8 Å². The maximum Gasteiger partial charge on any atom is 0.265 e. The van der Waals surface area contributed by atoms with E-state index in [-0.39, 0.29) is 10.8 Å². The molecule has 1 unspecified atom stereocenters. The lowest BCUT2D eigenvalue weighted by atomic mass is 10.2. The van der Waals surface area contributed by atoms with E-state index in [0.717, 1.165) is 0 Å². The number of methoxy groups -OCH3 is 1. The molecule has 180 valence electrons. The van der Waals surface area contributed by atoms with Gasteiger partial charge in [0, 0.05) is 11.4 Å². The molecule has 0 radical (unpaired) electrons. The lowest BCUT2D eigenvalue weighted by Gasteiger charge is -2.17. The van der Waals surface area contributed by atoms with E-state index in [1.807, 2.05) is 13.8 Å². The normalized spacial score (nSPS) is 11.9. The van der Waals surface area contributed by atoms with Crippen LogP contribution in [0.1, 0.15) is 20.3 Å². The van der Waals surface area contributed by atoms with Crippen molar-refractivity contribution in [2.75, 3.05) is 23.8 Å². The molecule has 0 aliphatic heterocycles. The van der Waals surface area contributed by atoms with Crippen LogP contribution in [0.3, 0.4) is 0 Å². The van der Waals surface area contributed by atoms with Crippen molar-refractivity contribution in [1.29, 1.82) is 0 Å². The second-order valence-electron chi connectivity index (χ2n) is 7.27. The second-order valence-corrected chi connectivity index (χ2v) is 8.95. The molecule has 2 N–H and O–H groups in total. The molecular formula is C25H28N2O6S. The summed E-state index contributed by atoms with van der Waals surface area (Å²) < 4.78 is 44.2. The Balaban J connectivity index is 1.62. The van der Waals surface area contributed by atoms with Gasteiger partial charge in [-0.05, 0) is 86.1 Å². The van der Waals surface area contributed by atoms with Crippen LogP contribution in [-0.4, -0.2) is 34.1 Å². The van der Waals surface area contributed by atoms with Gasteiger partial charge in [0.1, 0.15) is 17.2 Å². The average molecular weight is 485 g/mol. The van der Waals surface area contributed by atoms with Gasteiger partial charge in [-0.1, -0.05) is 6.92 Å². The zero-order chi connectivity index (χ0) is 24.6. The first-order chi connectivity index (χ1) is 16.3. The summed E-state index contributed by atoms with van der Waals surface area (Å²) in [5.41, 5.74) is 0.879. The van der Waals surface area contributed by atoms with Gasteiger partial charge in [-0.25, -0.2) is 8.42 Å². The van der Waals surface area contributed by atoms with E-state index in [0.29, 0.717) is 41.7 Å². The van der Waals surface area contributed by atoms with Crippen LogP contribution in [0, 0.1) is 0 Å². The molecule has 0 fully saturated rings. The summed E-state index contributed by atoms with van der Waals surface area (Å²) >= 11 is 0. The minimum atomic E-state index is -3.79. The topological polar surface area (TPSA) is 103 Å². The molecule has 1 atom stereocenters. The predicted octanol–water partition coefficient (Wildman–Crippen LogP) is 4.69. The predicted molar refractivity (Wildman–Crippen MR) is 131 cm³/mol. The van der Waals surface area contributed by atoms with Gasteiger partial charge in [0.25, 0.3) is 15.9 Å². The molecule has 0 spiro atoms. The fourth-order valence-electron chi connectivity index (χ4n) is 3.08. The lowest BCUT2D eigenvalue weighted by molar-refractivity contribution is -0.122. The minimum Gasteiger partial charge on any atom is -0.497 e. The molecule has 0 heterocycles. The van der Waals surface area contributed by atoms with Gasteiger partial charge in [0.05, 0.1) is 18.6 Å². The first kappa shape index (κ1) is 24.9. The second kappa shape index (κ2) is 11.4. The molecule has 9 heteroatoms. The van der Waals surface area contributed by atoms with Gasteiger partial charge in [-0.2, -0.15) is 0 Å². The first-order valence-corrected chi connectivity index (χ1v) is 12.3. The van der Waals surface area contributed by atoms with Crippen molar-refractivity contribution in [3.63, 3.8) is 0 Å². The van der Waals surface area contributed by atoms with Crippen LogP contribution in [0.4, 0.5) is 11.4 Å². The molecule has 0 aliphatic carbocycles. The zero-order valence-corrected chi connectivity index (χ0v) is 20.1. The molecule has 3 rings (SSSR count). The van der Waals surface area contributed by atoms with Crippen molar-refractivity contribution in [3.05, 3.63) is 72.8 Å². The lowest BCUT2D eigenvalue weighted by Crippen LogP contribution is -2.32. The van der Waals surface area contributed by atoms with E-state index in [9.17, 15) is 13.2 Å². The highest BCUT2D eigenvalue weighted by Gasteiger charge is 2.19. The summed E-state index contributed by atoms with van der Waals surface area (Å²) in [6.45, 7) is 4.25. The third kappa shape index (κ3) is 6.64. The van der Waals surface area contributed by atoms with Gasteiger partial charge >= 0.3 is 0 Å². The molecule has 1 amide bonds. The molecule has 34 heavy (non-hydrogen) atoms. The quantitative estimate of drug-likeness (QED) is 0.409. The van der Waals surface area contributed by atoms with Crippen LogP contribution < -0.4 is 24.2 Å². The van der Waals surface area contributed by atoms with Crippen LogP contribution in [0.2, 0.25) is 0 Å². The number of sulfonamides is 1. The Labute approximate surface area is 199 Å². The van der Waals surface area contributed by atoms with Crippen LogP contribution in [0.5, 0.6) is 17.2 Å². The number of anilines is 2. The Morgan fingerprint density at radius 2 is 1.38 bits per heavy atom. The Kier molecular flexibility index (Phi) is 8.37. The molecule has 3 aromatic carbocycles. The molecule has 0 saturated carbocycles. The van der Waals surface area contributed by atoms with Crippen molar-refractivity contribution >= 4 is 27.3 Å². The molecule has 0 saturated heterocycles. The van der Waals surface area contributed by atoms with Crippen LogP contribution in [0.15, 0.2) is 77.7 Å². The van der Waals surface area contributed by atoms with Crippen LogP contribution >= 0.6 is 0 Å². The van der Waals surface area contributed by atoms with Crippen molar-refractivity contribution in [1.82, 2.24) is 0 Å².